The van der Waals surface area contributed by atoms with Crippen molar-refractivity contribution in [1.82, 2.24) is 0 Å². The van der Waals surface area contributed by atoms with Gasteiger partial charge < -0.3 is 14.2 Å². The van der Waals surface area contributed by atoms with Crippen molar-refractivity contribution < 1.29 is 23.8 Å². The van der Waals surface area contributed by atoms with E-state index in [1.165, 1.54) is 45.6 Å². The number of allylic oxidation sites excluding steroid dienone is 3. The Labute approximate surface area is 196 Å². The Hall–Kier alpha value is -3.08. The summed E-state index contributed by atoms with van der Waals surface area (Å²) >= 11 is 0. The second-order valence-corrected chi connectivity index (χ2v) is 8.40. The van der Waals surface area contributed by atoms with E-state index in [1.54, 1.807) is 18.2 Å². The highest BCUT2D eigenvalue weighted by Crippen LogP contribution is 2.25. The van der Waals surface area contributed by atoms with Gasteiger partial charge in [-0.1, -0.05) is 57.6 Å². The quantitative estimate of drug-likeness (QED) is 0.260. The molecule has 0 saturated carbocycles. The normalized spacial score (nSPS) is 13.3. The van der Waals surface area contributed by atoms with Crippen molar-refractivity contribution in [2.75, 3.05) is 13.7 Å². The number of benzene rings is 2. The van der Waals surface area contributed by atoms with Crippen molar-refractivity contribution in [2.24, 2.45) is 0 Å². The maximum absolute atomic E-state index is 12.6. The van der Waals surface area contributed by atoms with Crippen molar-refractivity contribution in [3.63, 3.8) is 0 Å². The lowest BCUT2D eigenvalue weighted by molar-refractivity contribution is -0.136. The van der Waals surface area contributed by atoms with E-state index in [1.807, 2.05) is 30.3 Å². The van der Waals surface area contributed by atoms with Crippen LogP contribution in [-0.2, 0) is 14.3 Å². The van der Waals surface area contributed by atoms with Crippen LogP contribution in [-0.4, -0.2) is 25.7 Å². The second kappa shape index (κ2) is 12.8. The average molecular weight is 451 g/mol. The van der Waals surface area contributed by atoms with E-state index in [0.717, 1.165) is 29.5 Å². The Morgan fingerprint density at radius 1 is 0.818 bits per heavy atom. The maximum Gasteiger partial charge on any atom is 0.343 e. The highest BCUT2D eigenvalue weighted by Gasteiger charge is 2.17. The van der Waals surface area contributed by atoms with Crippen LogP contribution >= 0.6 is 0 Å². The molecule has 2 aromatic carbocycles. The number of carbonyl (C=O) groups excluding carboxylic acids is 2. The Kier molecular flexibility index (Phi) is 9.55. The highest BCUT2D eigenvalue weighted by molar-refractivity contribution is 5.96. The van der Waals surface area contributed by atoms with Crippen molar-refractivity contribution >= 4 is 22.7 Å². The standard InChI is InChI=1S/C28H34O5/c1-3-4-5-6-7-8-9-18-32-26-17-14-22-19-24(11-10-23(22)20-26)28(30)33-25-15-12-21(13-16-25)27(29)31-2/h10-12,14-15,17,19-20H,3-9,13,16,18H2,1-2H3. The molecule has 0 saturated heterocycles. The topological polar surface area (TPSA) is 61.8 Å². The number of rotatable bonds is 12. The molecule has 0 heterocycles. The summed E-state index contributed by atoms with van der Waals surface area (Å²) in [5, 5.41) is 1.98. The second-order valence-electron chi connectivity index (χ2n) is 8.40. The molecular formula is C28H34O5. The van der Waals surface area contributed by atoms with Crippen LogP contribution in [0.3, 0.4) is 0 Å². The van der Waals surface area contributed by atoms with Crippen LogP contribution in [0.5, 0.6) is 5.75 Å². The van der Waals surface area contributed by atoms with Gasteiger partial charge in [0.25, 0.3) is 0 Å². The van der Waals surface area contributed by atoms with E-state index < -0.39 is 5.97 Å². The molecule has 5 nitrogen and oxygen atoms in total. The van der Waals surface area contributed by atoms with Crippen molar-refractivity contribution in [2.45, 2.75) is 64.7 Å². The summed E-state index contributed by atoms with van der Waals surface area (Å²) in [7, 11) is 1.35. The molecule has 176 valence electrons. The Morgan fingerprint density at radius 2 is 1.55 bits per heavy atom. The van der Waals surface area contributed by atoms with Crippen LogP contribution in [0.2, 0.25) is 0 Å². The van der Waals surface area contributed by atoms with E-state index in [-0.39, 0.29) is 5.97 Å². The minimum Gasteiger partial charge on any atom is -0.494 e. The fourth-order valence-electron chi connectivity index (χ4n) is 3.87. The van der Waals surface area contributed by atoms with Crippen LogP contribution in [0.15, 0.2) is 59.9 Å². The average Bonchev–Trinajstić information content (AvgIpc) is 2.85. The van der Waals surface area contributed by atoms with Crippen LogP contribution in [0.1, 0.15) is 75.1 Å². The molecule has 0 unspecified atom stereocenters. The lowest BCUT2D eigenvalue weighted by atomic mass is 10.0. The van der Waals surface area contributed by atoms with Gasteiger partial charge in [-0.2, -0.15) is 0 Å². The van der Waals surface area contributed by atoms with Crippen molar-refractivity contribution in [3.8, 4) is 5.75 Å². The zero-order valence-corrected chi connectivity index (χ0v) is 19.7. The molecule has 1 aliphatic carbocycles. The van der Waals surface area contributed by atoms with Gasteiger partial charge >= 0.3 is 11.9 Å². The zero-order valence-electron chi connectivity index (χ0n) is 19.7. The first kappa shape index (κ1) is 24.6. The van der Waals surface area contributed by atoms with E-state index in [0.29, 0.717) is 29.7 Å². The summed E-state index contributed by atoms with van der Waals surface area (Å²) in [4.78, 5) is 24.1. The van der Waals surface area contributed by atoms with Gasteiger partial charge in [0.05, 0.1) is 19.3 Å². The molecule has 3 rings (SSSR count). The van der Waals surface area contributed by atoms with Gasteiger partial charge in [-0.3, -0.25) is 0 Å². The maximum atomic E-state index is 12.6. The number of hydrogen-bond donors (Lipinski definition) is 0. The predicted molar refractivity (Wildman–Crippen MR) is 130 cm³/mol. The zero-order chi connectivity index (χ0) is 23.5. The molecule has 5 heteroatoms. The molecule has 0 bridgehead atoms. The smallest absolute Gasteiger partial charge is 0.343 e. The van der Waals surface area contributed by atoms with Crippen molar-refractivity contribution in [3.05, 3.63) is 65.4 Å². The third-order valence-corrected chi connectivity index (χ3v) is 5.85. The molecular weight excluding hydrogens is 416 g/mol. The molecule has 0 N–H and O–H groups in total. The van der Waals surface area contributed by atoms with Gasteiger partial charge in [-0.25, -0.2) is 9.59 Å². The highest BCUT2D eigenvalue weighted by atomic mass is 16.5. The summed E-state index contributed by atoms with van der Waals surface area (Å²) in [5.41, 5.74) is 1.07. The SMILES string of the molecule is CCCCCCCCCOc1ccc2cc(C(=O)OC3=CC=C(C(=O)OC)CC3)ccc2c1. The lowest BCUT2D eigenvalue weighted by Gasteiger charge is -2.13. The fourth-order valence-corrected chi connectivity index (χ4v) is 3.87. The molecule has 2 aromatic rings. The summed E-state index contributed by atoms with van der Waals surface area (Å²) in [6.07, 6.45) is 13.1. The fraction of sp³-hybridized carbons (Fsp3) is 0.429. The number of carbonyl (C=O) groups is 2. The van der Waals surface area contributed by atoms with Gasteiger partial charge in [-0.15, -0.1) is 0 Å². The minimum atomic E-state index is -0.405. The van der Waals surface area contributed by atoms with Crippen LogP contribution in [0.25, 0.3) is 10.8 Å². The number of hydrogen-bond acceptors (Lipinski definition) is 5. The van der Waals surface area contributed by atoms with E-state index >= 15 is 0 Å². The van der Waals surface area contributed by atoms with Crippen LogP contribution < -0.4 is 4.74 Å². The molecule has 0 aliphatic heterocycles. The Balaban J connectivity index is 1.51. The summed E-state index contributed by atoms with van der Waals surface area (Å²) in [6, 6.07) is 11.4. The molecule has 0 atom stereocenters. The third-order valence-electron chi connectivity index (χ3n) is 5.85. The van der Waals surface area contributed by atoms with Gasteiger partial charge in [0.2, 0.25) is 0 Å². The van der Waals surface area contributed by atoms with Gasteiger partial charge in [0.1, 0.15) is 11.5 Å². The Morgan fingerprint density at radius 3 is 2.27 bits per heavy atom. The molecule has 0 radical (unpaired) electrons. The Bertz CT molecular complexity index is 1020. The van der Waals surface area contributed by atoms with E-state index in [2.05, 4.69) is 6.92 Å². The summed E-state index contributed by atoms with van der Waals surface area (Å²) in [6.45, 7) is 2.96. The lowest BCUT2D eigenvalue weighted by Crippen LogP contribution is -2.11. The van der Waals surface area contributed by atoms with Crippen molar-refractivity contribution in [1.29, 1.82) is 0 Å². The largest absolute Gasteiger partial charge is 0.494 e. The molecule has 0 spiro atoms. The van der Waals surface area contributed by atoms with E-state index in [9.17, 15) is 9.59 Å². The third kappa shape index (κ3) is 7.48. The van der Waals surface area contributed by atoms with Gasteiger partial charge in [-0.05, 0) is 60.0 Å². The number of ether oxygens (including phenoxy) is 3. The van der Waals surface area contributed by atoms with Crippen LogP contribution in [0, 0.1) is 0 Å². The summed E-state index contributed by atoms with van der Waals surface area (Å²) < 4.78 is 16.2. The molecule has 1 aliphatic rings. The number of methoxy groups -OCH3 is 1. The molecule has 33 heavy (non-hydrogen) atoms. The molecule has 0 aromatic heterocycles. The van der Waals surface area contributed by atoms with Gasteiger partial charge in [0, 0.05) is 12.0 Å². The first-order chi connectivity index (χ1) is 16.1. The molecule has 0 fully saturated rings. The first-order valence-electron chi connectivity index (χ1n) is 12.0. The van der Waals surface area contributed by atoms with E-state index in [4.69, 9.17) is 14.2 Å². The number of fused-ring (bicyclic) bond motifs is 1. The number of esters is 2. The minimum absolute atomic E-state index is 0.350. The summed E-state index contributed by atoms with van der Waals surface area (Å²) in [5.74, 6) is 0.639. The predicted octanol–water partition coefficient (Wildman–Crippen LogP) is 6.90. The monoisotopic (exact) mass is 450 g/mol. The number of unbranched alkanes of at least 4 members (excludes halogenated alkanes) is 6. The van der Waals surface area contributed by atoms with Crippen LogP contribution in [0.4, 0.5) is 0 Å². The first-order valence-corrected chi connectivity index (χ1v) is 12.0. The van der Waals surface area contributed by atoms with Gasteiger partial charge in [0.15, 0.2) is 0 Å². The molecule has 0 amide bonds.